The molecule has 1 heterocycles. The molecular weight excluding hydrogens is 312 g/mol. The third kappa shape index (κ3) is 3.67. The molecule has 1 aliphatic heterocycles. The molecule has 1 amide bonds. The van der Waals surface area contributed by atoms with Gasteiger partial charge in [0.25, 0.3) is 5.91 Å². The van der Waals surface area contributed by atoms with Crippen molar-refractivity contribution in [2.45, 2.75) is 0 Å². The minimum absolute atomic E-state index is 0.210. The van der Waals surface area contributed by atoms with E-state index in [9.17, 15) is 9.59 Å². The molecule has 0 aliphatic carbocycles. The first-order valence-corrected chi connectivity index (χ1v) is 7.61. The number of carbonyl (C=O) groups excluding carboxylic acids is 1. The van der Waals surface area contributed by atoms with Crippen LogP contribution in [0.25, 0.3) is 6.08 Å². The van der Waals surface area contributed by atoms with Gasteiger partial charge in [-0.1, -0.05) is 30.3 Å². The number of nitrogens with zero attached hydrogens (tertiary/aromatic N) is 1. The van der Waals surface area contributed by atoms with E-state index in [1.165, 1.54) is 23.9 Å². The summed E-state index contributed by atoms with van der Waals surface area (Å²) in [4.78, 5) is 27.7. The maximum atomic E-state index is 12.0. The Kier molecular flexibility index (Phi) is 4.25. The van der Waals surface area contributed by atoms with Crippen LogP contribution in [-0.2, 0) is 4.79 Å². The number of carboxylic acids is 1. The molecule has 0 radical (unpaired) electrons. The lowest BCUT2D eigenvalue weighted by atomic mass is 10.1. The zero-order chi connectivity index (χ0) is 16.2. The maximum absolute atomic E-state index is 12.0. The van der Waals surface area contributed by atoms with Gasteiger partial charge in [-0.3, -0.25) is 4.79 Å². The van der Waals surface area contributed by atoms with Gasteiger partial charge in [-0.2, -0.15) is 0 Å². The molecule has 2 aromatic carbocycles. The van der Waals surface area contributed by atoms with Gasteiger partial charge < -0.3 is 10.4 Å². The predicted octanol–water partition coefficient (Wildman–Crippen LogP) is 3.28. The number of aliphatic imine (C=N–C) groups is 1. The molecule has 2 N–H and O–H groups in total. The van der Waals surface area contributed by atoms with Crippen LogP contribution in [0.3, 0.4) is 0 Å². The van der Waals surface area contributed by atoms with Gasteiger partial charge in [-0.25, -0.2) is 9.79 Å². The van der Waals surface area contributed by atoms with Crippen molar-refractivity contribution < 1.29 is 14.7 Å². The third-order valence-corrected chi connectivity index (χ3v) is 4.00. The number of thioether (sulfide) groups is 1. The van der Waals surface area contributed by atoms with E-state index in [2.05, 4.69) is 10.3 Å². The van der Waals surface area contributed by atoms with Gasteiger partial charge in [-0.15, -0.1) is 0 Å². The first-order valence-electron chi connectivity index (χ1n) is 6.80. The summed E-state index contributed by atoms with van der Waals surface area (Å²) < 4.78 is 0. The minimum Gasteiger partial charge on any atom is -0.478 e. The van der Waals surface area contributed by atoms with Crippen LogP contribution in [0.4, 0.5) is 5.69 Å². The molecule has 0 spiro atoms. The van der Waals surface area contributed by atoms with E-state index in [0.717, 1.165) is 11.3 Å². The van der Waals surface area contributed by atoms with Crippen molar-refractivity contribution in [1.82, 2.24) is 5.32 Å². The average molecular weight is 324 g/mol. The van der Waals surface area contributed by atoms with Crippen LogP contribution in [0.15, 0.2) is 64.5 Å². The van der Waals surface area contributed by atoms with Gasteiger partial charge in [0.15, 0.2) is 5.17 Å². The Bertz CT molecular complexity index is 811. The van der Waals surface area contributed by atoms with E-state index in [-0.39, 0.29) is 11.5 Å². The molecule has 0 atom stereocenters. The lowest BCUT2D eigenvalue weighted by Gasteiger charge is -1.97. The quantitative estimate of drug-likeness (QED) is 0.849. The van der Waals surface area contributed by atoms with Crippen LogP contribution in [0.5, 0.6) is 0 Å². The van der Waals surface area contributed by atoms with Gasteiger partial charge in [0.1, 0.15) is 0 Å². The topological polar surface area (TPSA) is 78.8 Å². The SMILES string of the molecule is O=C1NC(=Nc2ccccc2)S/C1=C/c1ccc(C(=O)O)cc1. The van der Waals surface area contributed by atoms with Crippen molar-refractivity contribution >= 4 is 40.6 Å². The highest BCUT2D eigenvalue weighted by Crippen LogP contribution is 2.27. The Morgan fingerprint density at radius 3 is 2.43 bits per heavy atom. The summed E-state index contributed by atoms with van der Waals surface area (Å²) in [6, 6.07) is 15.7. The lowest BCUT2D eigenvalue weighted by Crippen LogP contribution is -2.19. The van der Waals surface area contributed by atoms with E-state index in [4.69, 9.17) is 5.11 Å². The van der Waals surface area contributed by atoms with Crippen LogP contribution in [0.2, 0.25) is 0 Å². The predicted molar refractivity (Wildman–Crippen MR) is 90.6 cm³/mol. The highest BCUT2D eigenvalue weighted by atomic mass is 32.2. The first-order chi connectivity index (χ1) is 11.1. The second kappa shape index (κ2) is 6.50. The fourth-order valence-corrected chi connectivity index (χ4v) is 2.82. The number of hydrogen-bond donors (Lipinski definition) is 2. The molecule has 0 saturated carbocycles. The Morgan fingerprint density at radius 2 is 1.78 bits per heavy atom. The third-order valence-electron chi connectivity index (χ3n) is 3.09. The summed E-state index contributed by atoms with van der Waals surface area (Å²) in [7, 11) is 0. The molecule has 2 aromatic rings. The van der Waals surface area contributed by atoms with Gasteiger partial charge in [0.2, 0.25) is 0 Å². The van der Waals surface area contributed by atoms with Crippen LogP contribution in [-0.4, -0.2) is 22.2 Å². The number of amidine groups is 1. The maximum Gasteiger partial charge on any atom is 0.335 e. The average Bonchev–Trinajstić information content (AvgIpc) is 2.88. The number of carboxylic acid groups (broad SMARTS) is 1. The Hall–Kier alpha value is -2.86. The van der Waals surface area contributed by atoms with Crippen LogP contribution in [0.1, 0.15) is 15.9 Å². The normalized spacial score (nSPS) is 17.5. The number of nitrogens with one attached hydrogen (secondary N) is 1. The molecule has 1 aliphatic rings. The molecule has 114 valence electrons. The highest BCUT2D eigenvalue weighted by molar-refractivity contribution is 8.18. The Morgan fingerprint density at radius 1 is 1.09 bits per heavy atom. The summed E-state index contributed by atoms with van der Waals surface area (Å²) >= 11 is 1.25. The monoisotopic (exact) mass is 324 g/mol. The standard InChI is InChI=1S/C17H12N2O3S/c20-15-14(10-11-6-8-12(9-7-11)16(21)22)23-17(19-15)18-13-4-2-1-3-5-13/h1-10H,(H,21,22)(H,18,19,20)/b14-10+. The smallest absolute Gasteiger partial charge is 0.335 e. The van der Waals surface area contributed by atoms with E-state index >= 15 is 0 Å². The number of rotatable bonds is 3. The van der Waals surface area contributed by atoms with E-state index in [1.807, 2.05) is 30.3 Å². The van der Waals surface area contributed by atoms with E-state index in [1.54, 1.807) is 18.2 Å². The summed E-state index contributed by atoms with van der Waals surface area (Å²) in [6.07, 6.45) is 1.71. The van der Waals surface area contributed by atoms with Crippen LogP contribution < -0.4 is 5.32 Å². The molecule has 23 heavy (non-hydrogen) atoms. The van der Waals surface area contributed by atoms with Crippen LogP contribution >= 0.6 is 11.8 Å². The van der Waals surface area contributed by atoms with E-state index in [0.29, 0.717) is 10.1 Å². The van der Waals surface area contributed by atoms with E-state index < -0.39 is 5.97 Å². The number of aromatic carboxylic acids is 1. The van der Waals surface area contributed by atoms with Crippen LogP contribution in [0, 0.1) is 0 Å². The van der Waals surface area contributed by atoms with Crippen molar-refractivity contribution in [1.29, 1.82) is 0 Å². The Balaban J connectivity index is 1.80. The summed E-state index contributed by atoms with van der Waals surface area (Å²) in [5.41, 5.74) is 1.73. The summed E-state index contributed by atoms with van der Waals surface area (Å²) in [5, 5.41) is 12.1. The molecule has 6 heteroatoms. The van der Waals surface area contributed by atoms with Crippen molar-refractivity contribution in [3.05, 3.63) is 70.6 Å². The highest BCUT2D eigenvalue weighted by Gasteiger charge is 2.23. The number of para-hydroxylation sites is 1. The van der Waals surface area contributed by atoms with Crippen molar-refractivity contribution in [3.63, 3.8) is 0 Å². The molecule has 0 aromatic heterocycles. The molecule has 3 rings (SSSR count). The molecule has 0 bridgehead atoms. The zero-order valence-corrected chi connectivity index (χ0v) is 12.7. The fourth-order valence-electron chi connectivity index (χ4n) is 1.97. The number of amides is 1. The van der Waals surface area contributed by atoms with Gasteiger partial charge >= 0.3 is 5.97 Å². The first kappa shape index (κ1) is 15.1. The fraction of sp³-hybridized carbons (Fsp3) is 0. The van der Waals surface area contributed by atoms with Gasteiger partial charge in [0.05, 0.1) is 16.2 Å². The van der Waals surface area contributed by atoms with Crippen molar-refractivity contribution in [2.75, 3.05) is 0 Å². The second-order valence-electron chi connectivity index (χ2n) is 4.74. The van der Waals surface area contributed by atoms with Crippen molar-refractivity contribution in [2.24, 2.45) is 4.99 Å². The molecule has 1 saturated heterocycles. The second-order valence-corrected chi connectivity index (χ2v) is 5.78. The largest absolute Gasteiger partial charge is 0.478 e. The minimum atomic E-state index is -0.977. The summed E-state index contributed by atoms with van der Waals surface area (Å²) in [6.45, 7) is 0. The zero-order valence-electron chi connectivity index (χ0n) is 11.9. The van der Waals surface area contributed by atoms with Gasteiger partial charge in [0, 0.05) is 0 Å². The Labute approximate surface area is 136 Å². The lowest BCUT2D eigenvalue weighted by molar-refractivity contribution is -0.115. The molecular formula is C17H12N2O3S. The molecule has 0 unspecified atom stereocenters. The molecule has 5 nitrogen and oxygen atoms in total. The number of benzene rings is 2. The molecule has 1 fully saturated rings. The number of hydrogen-bond acceptors (Lipinski definition) is 4. The number of carbonyl (C=O) groups is 2. The van der Waals surface area contributed by atoms with Gasteiger partial charge in [-0.05, 0) is 47.7 Å². The summed E-state index contributed by atoms with van der Waals surface area (Å²) in [5.74, 6) is -1.19. The van der Waals surface area contributed by atoms with Crippen molar-refractivity contribution in [3.8, 4) is 0 Å².